The summed E-state index contributed by atoms with van der Waals surface area (Å²) in [5.74, 6) is 0.0936. The van der Waals surface area contributed by atoms with E-state index in [1.54, 1.807) is 0 Å². The van der Waals surface area contributed by atoms with Crippen LogP contribution in [0.4, 0.5) is 0 Å². The molecule has 19 heavy (non-hydrogen) atoms. The molecular formula is C13H16BrNO3S. The van der Waals surface area contributed by atoms with Crippen molar-refractivity contribution in [3.05, 3.63) is 28.7 Å². The molecule has 0 radical (unpaired) electrons. The number of esters is 1. The Morgan fingerprint density at radius 2 is 2.00 bits per heavy atom. The quantitative estimate of drug-likeness (QED) is 0.468. The molecule has 0 heterocycles. The Morgan fingerprint density at radius 3 is 2.63 bits per heavy atom. The molecule has 0 atom stereocenters. The highest BCUT2D eigenvalue weighted by molar-refractivity contribution is 9.10. The Hall–Kier alpha value is -1.01. The van der Waals surface area contributed by atoms with Crippen LogP contribution in [0.1, 0.15) is 12.8 Å². The lowest BCUT2D eigenvalue weighted by molar-refractivity contribution is -0.140. The number of hydrogen-bond donors (Lipinski definition) is 1. The highest BCUT2D eigenvalue weighted by Gasteiger charge is 2.04. The molecule has 0 aliphatic heterocycles. The monoisotopic (exact) mass is 345 g/mol. The van der Waals surface area contributed by atoms with Gasteiger partial charge in [0.1, 0.15) is 0 Å². The van der Waals surface area contributed by atoms with Crippen LogP contribution < -0.4 is 5.32 Å². The van der Waals surface area contributed by atoms with Crippen molar-refractivity contribution in [2.75, 3.05) is 19.4 Å². The van der Waals surface area contributed by atoms with Crippen LogP contribution in [-0.4, -0.2) is 31.3 Å². The highest BCUT2D eigenvalue weighted by atomic mass is 79.9. The zero-order valence-corrected chi connectivity index (χ0v) is 13.1. The van der Waals surface area contributed by atoms with Crippen molar-refractivity contribution >= 4 is 39.6 Å². The Labute approximate surface area is 125 Å². The van der Waals surface area contributed by atoms with E-state index < -0.39 is 0 Å². The molecule has 6 heteroatoms. The second-order valence-electron chi connectivity index (χ2n) is 3.77. The van der Waals surface area contributed by atoms with Gasteiger partial charge in [0, 0.05) is 22.3 Å². The van der Waals surface area contributed by atoms with Crippen LogP contribution in [0.25, 0.3) is 0 Å². The number of thioether (sulfide) groups is 1. The van der Waals surface area contributed by atoms with Gasteiger partial charge in [-0.25, -0.2) is 0 Å². The fourth-order valence-corrected chi connectivity index (χ4v) is 2.29. The summed E-state index contributed by atoms with van der Waals surface area (Å²) in [5.41, 5.74) is 0. The zero-order chi connectivity index (χ0) is 14.1. The lowest BCUT2D eigenvalue weighted by Gasteiger charge is -2.05. The first kappa shape index (κ1) is 16.0. The maximum Gasteiger partial charge on any atom is 0.305 e. The van der Waals surface area contributed by atoms with Crippen LogP contribution in [0.5, 0.6) is 0 Å². The Balaban J connectivity index is 2.14. The summed E-state index contributed by atoms with van der Waals surface area (Å²) < 4.78 is 5.53. The van der Waals surface area contributed by atoms with Crippen molar-refractivity contribution in [2.45, 2.75) is 17.7 Å². The van der Waals surface area contributed by atoms with Gasteiger partial charge >= 0.3 is 5.97 Å². The minimum atomic E-state index is -0.251. The average molecular weight is 346 g/mol. The fraction of sp³-hybridized carbons (Fsp3) is 0.385. The molecule has 104 valence electrons. The SMILES string of the molecule is COC(=O)CCCNC(=O)CSc1ccc(Br)cc1. The van der Waals surface area contributed by atoms with E-state index in [1.165, 1.54) is 18.9 Å². The molecular weight excluding hydrogens is 330 g/mol. The molecule has 4 nitrogen and oxygen atoms in total. The average Bonchev–Trinajstić information content (AvgIpc) is 2.42. The number of benzene rings is 1. The molecule has 0 bridgehead atoms. The largest absolute Gasteiger partial charge is 0.469 e. The lowest BCUT2D eigenvalue weighted by Crippen LogP contribution is -2.26. The first-order valence-electron chi connectivity index (χ1n) is 5.83. The Kier molecular flexibility index (Phi) is 7.59. The number of methoxy groups -OCH3 is 1. The topological polar surface area (TPSA) is 55.4 Å². The van der Waals surface area contributed by atoms with Crippen molar-refractivity contribution in [3.8, 4) is 0 Å². The second-order valence-corrected chi connectivity index (χ2v) is 5.74. The molecule has 0 aromatic heterocycles. The van der Waals surface area contributed by atoms with Gasteiger partial charge in [0.2, 0.25) is 5.91 Å². The van der Waals surface area contributed by atoms with Gasteiger partial charge in [-0.15, -0.1) is 11.8 Å². The van der Waals surface area contributed by atoms with Gasteiger partial charge in [-0.3, -0.25) is 9.59 Å². The van der Waals surface area contributed by atoms with Crippen LogP contribution in [0.3, 0.4) is 0 Å². The zero-order valence-electron chi connectivity index (χ0n) is 10.6. The highest BCUT2D eigenvalue weighted by Crippen LogP contribution is 2.20. The van der Waals surface area contributed by atoms with Gasteiger partial charge in [-0.1, -0.05) is 15.9 Å². The van der Waals surface area contributed by atoms with E-state index in [4.69, 9.17) is 0 Å². The van der Waals surface area contributed by atoms with E-state index in [9.17, 15) is 9.59 Å². The molecule has 1 amide bonds. The third-order valence-electron chi connectivity index (χ3n) is 2.29. The maximum atomic E-state index is 11.5. The van der Waals surface area contributed by atoms with Gasteiger partial charge in [-0.2, -0.15) is 0 Å². The van der Waals surface area contributed by atoms with Crippen LogP contribution in [0.2, 0.25) is 0 Å². The number of ether oxygens (including phenoxy) is 1. The number of nitrogens with one attached hydrogen (secondary N) is 1. The molecule has 1 aromatic carbocycles. The molecule has 0 aliphatic carbocycles. The number of amides is 1. The lowest BCUT2D eigenvalue weighted by atomic mass is 10.3. The van der Waals surface area contributed by atoms with E-state index in [2.05, 4.69) is 26.0 Å². The summed E-state index contributed by atoms with van der Waals surface area (Å²) >= 11 is 4.84. The van der Waals surface area contributed by atoms with E-state index in [-0.39, 0.29) is 11.9 Å². The third kappa shape index (κ3) is 7.22. The summed E-state index contributed by atoms with van der Waals surface area (Å²) in [4.78, 5) is 23.4. The van der Waals surface area contributed by atoms with Gasteiger partial charge in [0.15, 0.2) is 0 Å². The standard InChI is InChI=1S/C13H16BrNO3S/c1-18-13(17)3-2-8-15-12(16)9-19-11-6-4-10(14)5-7-11/h4-7H,2-3,8-9H2,1H3,(H,15,16). The van der Waals surface area contributed by atoms with Crippen molar-refractivity contribution < 1.29 is 14.3 Å². The van der Waals surface area contributed by atoms with Gasteiger partial charge in [0.25, 0.3) is 0 Å². The number of carbonyl (C=O) groups is 2. The second kappa shape index (κ2) is 8.98. The predicted molar refractivity (Wildman–Crippen MR) is 79.1 cm³/mol. The van der Waals surface area contributed by atoms with Crippen LogP contribution in [0.15, 0.2) is 33.6 Å². The number of rotatable bonds is 7. The number of carbonyl (C=O) groups excluding carboxylic acids is 2. The van der Waals surface area contributed by atoms with Crippen molar-refractivity contribution in [1.29, 1.82) is 0 Å². The first-order chi connectivity index (χ1) is 9.11. The van der Waals surface area contributed by atoms with Gasteiger partial charge in [0.05, 0.1) is 12.9 Å². The molecule has 1 aromatic rings. The fourth-order valence-electron chi connectivity index (χ4n) is 1.29. The van der Waals surface area contributed by atoms with Crippen LogP contribution in [0, 0.1) is 0 Å². The molecule has 1 N–H and O–H groups in total. The molecule has 0 spiro atoms. The summed E-state index contributed by atoms with van der Waals surface area (Å²) in [6.45, 7) is 0.495. The molecule has 0 fully saturated rings. The number of halogens is 1. The molecule has 0 unspecified atom stereocenters. The normalized spacial score (nSPS) is 10.0. The minimum absolute atomic E-state index is 0.0298. The summed E-state index contributed by atoms with van der Waals surface area (Å²) in [6, 6.07) is 7.80. The third-order valence-corrected chi connectivity index (χ3v) is 3.83. The predicted octanol–water partition coefficient (Wildman–Crippen LogP) is 2.61. The van der Waals surface area contributed by atoms with Gasteiger partial charge < -0.3 is 10.1 Å². The van der Waals surface area contributed by atoms with E-state index in [1.807, 2.05) is 24.3 Å². The van der Waals surface area contributed by atoms with Crippen molar-refractivity contribution in [1.82, 2.24) is 5.32 Å². The Bertz CT molecular complexity index is 422. The van der Waals surface area contributed by atoms with Gasteiger partial charge in [-0.05, 0) is 30.7 Å². The van der Waals surface area contributed by atoms with Crippen LogP contribution in [-0.2, 0) is 14.3 Å². The van der Waals surface area contributed by atoms with Crippen molar-refractivity contribution in [2.24, 2.45) is 0 Å². The maximum absolute atomic E-state index is 11.5. The summed E-state index contributed by atoms with van der Waals surface area (Å²) in [7, 11) is 1.36. The minimum Gasteiger partial charge on any atom is -0.469 e. The summed E-state index contributed by atoms with van der Waals surface area (Å²) in [6.07, 6.45) is 0.929. The molecule has 0 saturated heterocycles. The summed E-state index contributed by atoms with van der Waals surface area (Å²) in [5, 5.41) is 2.77. The van der Waals surface area contributed by atoms with Crippen LogP contribution >= 0.6 is 27.7 Å². The number of hydrogen-bond acceptors (Lipinski definition) is 4. The Morgan fingerprint density at radius 1 is 1.32 bits per heavy atom. The van der Waals surface area contributed by atoms with E-state index in [0.717, 1.165) is 9.37 Å². The van der Waals surface area contributed by atoms with Crippen molar-refractivity contribution in [3.63, 3.8) is 0 Å². The molecule has 0 saturated carbocycles. The van der Waals surface area contributed by atoms with E-state index in [0.29, 0.717) is 25.1 Å². The van der Waals surface area contributed by atoms with E-state index >= 15 is 0 Å². The first-order valence-corrected chi connectivity index (χ1v) is 7.61. The smallest absolute Gasteiger partial charge is 0.305 e. The molecule has 0 aliphatic rings. The molecule has 1 rings (SSSR count).